The molecule has 0 amide bonds. The van der Waals surface area contributed by atoms with Crippen LogP contribution in [0.4, 0.5) is 0 Å². The van der Waals surface area contributed by atoms with Crippen molar-refractivity contribution in [2.24, 2.45) is 4.99 Å². The number of hydrogen-bond donors (Lipinski definition) is 1. The zero-order valence-corrected chi connectivity index (χ0v) is 17.9. The number of halogens is 1. The lowest BCUT2D eigenvalue weighted by atomic mass is 10.1. The topological polar surface area (TPSA) is 111 Å². The molecule has 2 aromatic heterocycles. The van der Waals surface area contributed by atoms with Gasteiger partial charge in [-0.15, -0.1) is 0 Å². The number of carboxylic acid groups (broad SMARTS) is 1. The van der Waals surface area contributed by atoms with Gasteiger partial charge < -0.3 is 9.84 Å². The second kappa shape index (κ2) is 6.67. The van der Waals surface area contributed by atoms with Crippen molar-refractivity contribution in [3.05, 3.63) is 52.3 Å². The van der Waals surface area contributed by atoms with Crippen molar-refractivity contribution in [2.75, 3.05) is 7.11 Å². The minimum atomic E-state index is -4.34. The number of sulfone groups is 1. The van der Waals surface area contributed by atoms with Crippen molar-refractivity contribution in [3.63, 3.8) is 0 Å². The average molecular weight is 478 g/mol. The molecule has 3 heterocycles. The number of fused-ring (bicyclic) bond motifs is 3. The van der Waals surface area contributed by atoms with Crippen LogP contribution in [0.1, 0.15) is 11.3 Å². The van der Waals surface area contributed by atoms with Crippen LogP contribution < -0.4 is 4.74 Å². The number of aliphatic imine (C=N–C) groups is 1. The molecule has 10 heteroatoms. The fourth-order valence-electron chi connectivity index (χ4n) is 3.40. The first-order valence-electron chi connectivity index (χ1n) is 8.54. The highest BCUT2D eigenvalue weighted by Gasteiger charge is 2.54. The first kappa shape index (κ1) is 19.6. The van der Waals surface area contributed by atoms with E-state index in [0.717, 1.165) is 5.56 Å². The van der Waals surface area contributed by atoms with Crippen molar-refractivity contribution in [1.29, 1.82) is 0 Å². The number of ether oxygens (including phenoxy) is 1. The highest BCUT2D eigenvalue weighted by Crippen LogP contribution is 2.41. The van der Waals surface area contributed by atoms with E-state index in [2.05, 4.69) is 25.9 Å². The van der Waals surface area contributed by atoms with Gasteiger partial charge in [0.15, 0.2) is 0 Å². The number of nitrogens with zero attached hydrogens (tertiary/aromatic N) is 3. The third-order valence-electron chi connectivity index (χ3n) is 5.00. The molecule has 1 atom stereocenters. The SMILES string of the molecule is COc1ccnc2c1c(Br)c1n2C=NC(C(=O)O)(S(=O)(=O)c2ccc(C)cc2)C1. The molecule has 0 radical (unpaired) electrons. The van der Waals surface area contributed by atoms with Gasteiger partial charge >= 0.3 is 5.97 Å². The zero-order valence-electron chi connectivity index (χ0n) is 15.5. The van der Waals surface area contributed by atoms with Crippen molar-refractivity contribution >= 4 is 49.1 Å². The predicted octanol–water partition coefficient (Wildman–Crippen LogP) is 2.80. The Balaban J connectivity index is 1.95. The maximum absolute atomic E-state index is 13.4. The van der Waals surface area contributed by atoms with E-state index in [1.54, 1.807) is 29.0 Å². The molecule has 8 nitrogen and oxygen atoms in total. The molecular formula is C19H16BrN3O5S. The molecule has 3 aromatic rings. The van der Waals surface area contributed by atoms with Gasteiger partial charge in [-0.3, -0.25) is 4.57 Å². The van der Waals surface area contributed by atoms with Gasteiger partial charge in [0.2, 0.25) is 9.84 Å². The van der Waals surface area contributed by atoms with E-state index in [1.165, 1.54) is 25.6 Å². The lowest BCUT2D eigenvalue weighted by Crippen LogP contribution is -2.49. The molecule has 0 bridgehead atoms. The number of benzene rings is 1. The second-order valence-electron chi connectivity index (χ2n) is 6.67. The van der Waals surface area contributed by atoms with Crippen LogP contribution in [0, 0.1) is 6.92 Å². The van der Waals surface area contributed by atoms with Crippen LogP contribution in [0.15, 0.2) is 50.9 Å². The van der Waals surface area contributed by atoms with Gasteiger partial charge in [0.05, 0.1) is 28.2 Å². The van der Waals surface area contributed by atoms with Crippen molar-refractivity contribution in [1.82, 2.24) is 9.55 Å². The van der Waals surface area contributed by atoms with Gasteiger partial charge in [-0.05, 0) is 41.1 Å². The van der Waals surface area contributed by atoms with E-state index in [1.807, 2.05) is 6.92 Å². The largest absolute Gasteiger partial charge is 0.496 e. The highest BCUT2D eigenvalue weighted by molar-refractivity contribution is 9.10. The molecule has 0 aliphatic carbocycles. The van der Waals surface area contributed by atoms with Gasteiger partial charge in [-0.2, -0.15) is 0 Å². The van der Waals surface area contributed by atoms with Crippen LogP contribution in [0.2, 0.25) is 0 Å². The molecule has 1 unspecified atom stereocenters. The monoisotopic (exact) mass is 477 g/mol. The van der Waals surface area contributed by atoms with Crippen LogP contribution >= 0.6 is 15.9 Å². The van der Waals surface area contributed by atoms with Crippen molar-refractivity contribution in [2.45, 2.75) is 23.1 Å². The number of carboxylic acids is 1. The molecule has 0 saturated carbocycles. The van der Waals surface area contributed by atoms with Crippen LogP contribution in [-0.2, 0) is 21.1 Å². The standard InChI is InChI=1S/C19H16BrN3O5S/c1-11-3-5-12(6-4-11)29(26,27)19(18(24)25)9-13-16(20)15-14(28-2)7-8-21-17(15)23(13)10-22-19/h3-8,10H,9H2,1-2H3,(H,24,25). The van der Waals surface area contributed by atoms with Crippen molar-refractivity contribution in [3.8, 4) is 5.75 Å². The maximum Gasteiger partial charge on any atom is 0.348 e. The number of carbonyl (C=O) groups is 1. The van der Waals surface area contributed by atoms with E-state index in [9.17, 15) is 18.3 Å². The summed E-state index contributed by atoms with van der Waals surface area (Å²) in [5, 5.41) is 10.6. The lowest BCUT2D eigenvalue weighted by molar-refractivity contribution is -0.140. The Morgan fingerprint density at radius 2 is 1.97 bits per heavy atom. The number of hydrogen-bond acceptors (Lipinski definition) is 6. The van der Waals surface area contributed by atoms with Gasteiger partial charge in [-0.25, -0.2) is 23.2 Å². The molecule has 0 saturated heterocycles. The molecule has 0 fully saturated rings. The van der Waals surface area contributed by atoms with Crippen LogP contribution in [0.3, 0.4) is 0 Å². The summed E-state index contributed by atoms with van der Waals surface area (Å²) in [6.07, 6.45) is 2.39. The minimum Gasteiger partial charge on any atom is -0.496 e. The summed E-state index contributed by atoms with van der Waals surface area (Å²) in [6.45, 7) is 1.82. The number of rotatable bonds is 4. The molecule has 29 heavy (non-hydrogen) atoms. The molecule has 4 rings (SSSR count). The van der Waals surface area contributed by atoms with E-state index in [0.29, 0.717) is 26.9 Å². The molecule has 1 aliphatic rings. The lowest BCUT2D eigenvalue weighted by Gasteiger charge is -2.28. The maximum atomic E-state index is 13.4. The highest BCUT2D eigenvalue weighted by atomic mass is 79.9. The Bertz CT molecular complexity index is 1280. The van der Waals surface area contributed by atoms with Gasteiger partial charge in [0.25, 0.3) is 4.87 Å². The van der Waals surface area contributed by atoms with Gasteiger partial charge in [-0.1, -0.05) is 17.7 Å². The summed E-state index contributed by atoms with van der Waals surface area (Å²) >= 11 is 3.47. The predicted molar refractivity (Wildman–Crippen MR) is 110 cm³/mol. The van der Waals surface area contributed by atoms with Crippen molar-refractivity contribution < 1.29 is 23.1 Å². The third kappa shape index (κ3) is 2.70. The first-order chi connectivity index (χ1) is 13.7. The molecular weight excluding hydrogens is 462 g/mol. The molecule has 1 aromatic carbocycles. The zero-order chi connectivity index (χ0) is 21.0. The first-order valence-corrected chi connectivity index (χ1v) is 10.8. The molecule has 0 spiro atoms. The number of aliphatic carboxylic acids is 1. The fourth-order valence-corrected chi connectivity index (χ4v) is 5.73. The average Bonchev–Trinajstić information content (AvgIpc) is 3.00. The number of aromatic nitrogens is 2. The Morgan fingerprint density at radius 1 is 1.28 bits per heavy atom. The third-order valence-corrected chi connectivity index (χ3v) is 8.06. The van der Waals surface area contributed by atoms with E-state index in [4.69, 9.17) is 4.74 Å². The van der Waals surface area contributed by atoms with Gasteiger partial charge in [0.1, 0.15) is 11.4 Å². The molecule has 150 valence electrons. The number of aryl methyl sites for hydroxylation is 1. The van der Waals surface area contributed by atoms with Crippen LogP contribution in [0.5, 0.6) is 5.75 Å². The second-order valence-corrected chi connectivity index (χ2v) is 9.62. The van der Waals surface area contributed by atoms with Crippen LogP contribution in [0.25, 0.3) is 11.0 Å². The number of methoxy groups -OCH3 is 1. The van der Waals surface area contributed by atoms with Crippen LogP contribution in [-0.4, -0.2) is 47.4 Å². The summed E-state index contributed by atoms with van der Waals surface area (Å²) in [5.74, 6) is -1.02. The van der Waals surface area contributed by atoms with Gasteiger partial charge in [0, 0.05) is 18.3 Å². The summed E-state index contributed by atoms with van der Waals surface area (Å²) in [4.78, 5) is 18.1. The Morgan fingerprint density at radius 3 is 2.59 bits per heavy atom. The fraction of sp³-hybridized carbons (Fsp3) is 0.211. The van der Waals surface area contributed by atoms with E-state index in [-0.39, 0.29) is 11.3 Å². The summed E-state index contributed by atoms with van der Waals surface area (Å²) in [5.41, 5.74) is 1.79. The normalized spacial score (nSPS) is 18.6. The Hall–Kier alpha value is -2.72. The quantitative estimate of drug-likeness (QED) is 0.618. The molecule has 1 aliphatic heterocycles. The molecule has 1 N–H and O–H groups in total. The summed E-state index contributed by atoms with van der Waals surface area (Å²) in [7, 11) is -2.83. The van der Waals surface area contributed by atoms with E-state index < -0.39 is 20.7 Å². The van der Waals surface area contributed by atoms with E-state index >= 15 is 0 Å². The Kier molecular flexibility index (Phi) is 4.50. The summed E-state index contributed by atoms with van der Waals surface area (Å²) < 4.78 is 34.2. The Labute approximate surface area is 174 Å². The number of pyridine rings is 1. The smallest absolute Gasteiger partial charge is 0.348 e. The minimum absolute atomic E-state index is 0.0981. The summed E-state index contributed by atoms with van der Waals surface area (Å²) in [6, 6.07) is 7.71.